The molecule has 3 nitrogen and oxygen atoms in total. The van der Waals surface area contributed by atoms with Gasteiger partial charge < -0.3 is 4.74 Å². The largest absolute Gasteiger partial charge is 0.466 e. The van der Waals surface area contributed by atoms with Crippen LogP contribution in [-0.2, 0) is 16.0 Å². The number of aryl methyl sites for hydroxylation is 1. The fourth-order valence-electron chi connectivity index (χ4n) is 2.19. The molecule has 3 heteroatoms. The first-order valence-electron chi connectivity index (χ1n) is 6.92. The van der Waals surface area contributed by atoms with Crippen LogP contribution in [0.3, 0.4) is 0 Å². The molecular weight excluding hydrogens is 250 g/mol. The Morgan fingerprint density at radius 1 is 1.15 bits per heavy atom. The Bertz CT molecular complexity index is 525. The van der Waals surface area contributed by atoms with Gasteiger partial charge >= 0.3 is 5.97 Å². The predicted octanol–water partition coefficient (Wildman–Crippen LogP) is 3.36. The first-order chi connectivity index (χ1) is 9.81. The first-order valence-corrected chi connectivity index (χ1v) is 6.92. The summed E-state index contributed by atoms with van der Waals surface area (Å²) < 4.78 is 5.19. The smallest absolute Gasteiger partial charge is 0.313 e. The van der Waals surface area contributed by atoms with Gasteiger partial charge in [-0.3, -0.25) is 9.78 Å². The van der Waals surface area contributed by atoms with Gasteiger partial charge in [0.25, 0.3) is 0 Å². The summed E-state index contributed by atoms with van der Waals surface area (Å²) in [6, 6.07) is 15.6. The third kappa shape index (κ3) is 3.92. The summed E-state index contributed by atoms with van der Waals surface area (Å²) in [7, 11) is 0. The molecule has 104 valence electrons. The van der Waals surface area contributed by atoms with Crippen molar-refractivity contribution in [1.29, 1.82) is 0 Å². The van der Waals surface area contributed by atoms with E-state index < -0.39 is 0 Å². The van der Waals surface area contributed by atoms with Gasteiger partial charge in [-0.15, -0.1) is 0 Å². The monoisotopic (exact) mass is 269 g/mol. The van der Waals surface area contributed by atoms with E-state index in [4.69, 9.17) is 4.74 Å². The van der Waals surface area contributed by atoms with Crippen LogP contribution in [0, 0.1) is 0 Å². The summed E-state index contributed by atoms with van der Waals surface area (Å²) in [5.74, 6) is -0.382. The van der Waals surface area contributed by atoms with E-state index in [1.807, 2.05) is 55.5 Å². The average Bonchev–Trinajstić information content (AvgIpc) is 2.50. The van der Waals surface area contributed by atoms with E-state index in [0.717, 1.165) is 17.7 Å². The molecule has 0 N–H and O–H groups in total. The van der Waals surface area contributed by atoms with Crippen molar-refractivity contribution in [3.8, 4) is 0 Å². The minimum atomic E-state index is -0.224. The Morgan fingerprint density at radius 3 is 2.55 bits per heavy atom. The zero-order chi connectivity index (χ0) is 14.2. The minimum Gasteiger partial charge on any atom is -0.466 e. The molecule has 1 aromatic heterocycles. The molecule has 0 amide bonds. The van der Waals surface area contributed by atoms with Gasteiger partial charge in [-0.2, -0.15) is 0 Å². The normalized spacial score (nSPS) is 11.8. The van der Waals surface area contributed by atoms with Gasteiger partial charge in [-0.1, -0.05) is 36.4 Å². The number of nitrogens with zero attached hydrogens (tertiary/aromatic N) is 1. The molecule has 0 saturated carbocycles. The van der Waals surface area contributed by atoms with Crippen LogP contribution in [-0.4, -0.2) is 17.6 Å². The topological polar surface area (TPSA) is 39.2 Å². The molecule has 0 saturated heterocycles. The highest BCUT2D eigenvalue weighted by Crippen LogP contribution is 2.23. The zero-order valence-corrected chi connectivity index (χ0v) is 11.7. The lowest BCUT2D eigenvalue weighted by atomic mass is 9.93. The maximum atomic E-state index is 12.1. The molecule has 2 rings (SSSR count). The fraction of sp³-hybridized carbons (Fsp3) is 0.294. The molecule has 0 fully saturated rings. The van der Waals surface area contributed by atoms with Gasteiger partial charge in [0, 0.05) is 11.9 Å². The third-order valence-corrected chi connectivity index (χ3v) is 3.19. The Kier molecular flexibility index (Phi) is 5.30. The second-order valence-corrected chi connectivity index (χ2v) is 4.58. The van der Waals surface area contributed by atoms with Crippen molar-refractivity contribution in [1.82, 2.24) is 4.98 Å². The van der Waals surface area contributed by atoms with Crippen LogP contribution < -0.4 is 0 Å². The van der Waals surface area contributed by atoms with Crippen LogP contribution in [0.25, 0.3) is 0 Å². The Morgan fingerprint density at radius 2 is 1.90 bits per heavy atom. The number of aromatic nitrogens is 1. The third-order valence-electron chi connectivity index (χ3n) is 3.19. The van der Waals surface area contributed by atoms with Crippen LogP contribution >= 0.6 is 0 Å². The minimum absolute atomic E-state index is 0.158. The highest BCUT2D eigenvalue weighted by atomic mass is 16.5. The van der Waals surface area contributed by atoms with Gasteiger partial charge in [0.2, 0.25) is 0 Å². The Labute approximate surface area is 119 Å². The quantitative estimate of drug-likeness (QED) is 0.755. The van der Waals surface area contributed by atoms with E-state index in [2.05, 4.69) is 4.98 Å². The van der Waals surface area contributed by atoms with Crippen LogP contribution in [0.1, 0.15) is 30.5 Å². The second kappa shape index (κ2) is 7.43. The maximum absolute atomic E-state index is 12.1. The highest BCUT2D eigenvalue weighted by Gasteiger charge is 2.21. The molecule has 0 spiro atoms. The van der Waals surface area contributed by atoms with Gasteiger partial charge in [0.15, 0.2) is 0 Å². The molecule has 2 aromatic rings. The molecule has 1 heterocycles. The Hall–Kier alpha value is -2.16. The summed E-state index contributed by atoms with van der Waals surface area (Å²) in [4.78, 5) is 16.4. The molecule has 1 atom stereocenters. The zero-order valence-electron chi connectivity index (χ0n) is 11.7. The van der Waals surface area contributed by atoms with Gasteiger partial charge in [-0.05, 0) is 37.5 Å². The number of esters is 1. The van der Waals surface area contributed by atoms with E-state index in [9.17, 15) is 4.79 Å². The second-order valence-electron chi connectivity index (χ2n) is 4.58. The number of benzene rings is 1. The van der Waals surface area contributed by atoms with E-state index in [1.165, 1.54) is 0 Å². The number of carbonyl (C=O) groups is 1. The Balaban J connectivity index is 2.09. The lowest BCUT2D eigenvalue weighted by molar-refractivity contribution is -0.145. The number of hydrogen-bond donors (Lipinski definition) is 0. The van der Waals surface area contributed by atoms with Gasteiger partial charge in [0.1, 0.15) is 0 Å². The van der Waals surface area contributed by atoms with Crippen molar-refractivity contribution >= 4 is 5.97 Å². The number of ether oxygens (including phenoxy) is 1. The lowest BCUT2D eigenvalue weighted by Crippen LogP contribution is -2.17. The van der Waals surface area contributed by atoms with Crippen LogP contribution in [0.15, 0.2) is 54.7 Å². The van der Waals surface area contributed by atoms with Crippen molar-refractivity contribution in [2.75, 3.05) is 6.61 Å². The number of carbonyl (C=O) groups excluding carboxylic acids is 1. The van der Waals surface area contributed by atoms with Crippen molar-refractivity contribution in [3.05, 3.63) is 66.0 Å². The predicted molar refractivity (Wildman–Crippen MR) is 78.4 cm³/mol. The summed E-state index contributed by atoms with van der Waals surface area (Å²) in [6.07, 6.45) is 3.25. The van der Waals surface area contributed by atoms with Crippen molar-refractivity contribution in [2.24, 2.45) is 0 Å². The van der Waals surface area contributed by atoms with Gasteiger partial charge in [-0.25, -0.2) is 0 Å². The summed E-state index contributed by atoms with van der Waals surface area (Å²) in [5, 5.41) is 0. The summed E-state index contributed by atoms with van der Waals surface area (Å²) in [6.45, 7) is 2.24. The molecular formula is C17H19NO2. The van der Waals surface area contributed by atoms with E-state index in [1.54, 1.807) is 6.20 Å². The average molecular weight is 269 g/mol. The standard InChI is InChI=1S/C17H19NO2/c1-2-20-17(19)16(14-8-4-3-5-9-14)12-11-15-10-6-7-13-18-15/h3-10,13,16H,2,11-12H2,1H3/t16-/m1/s1. The fourth-order valence-corrected chi connectivity index (χ4v) is 2.19. The molecule has 0 bridgehead atoms. The van der Waals surface area contributed by atoms with E-state index in [-0.39, 0.29) is 11.9 Å². The molecule has 0 aliphatic rings. The van der Waals surface area contributed by atoms with Crippen LogP contribution in [0.5, 0.6) is 0 Å². The highest BCUT2D eigenvalue weighted by molar-refractivity contribution is 5.78. The molecule has 20 heavy (non-hydrogen) atoms. The van der Waals surface area contributed by atoms with Crippen molar-refractivity contribution in [3.63, 3.8) is 0 Å². The molecule has 0 aliphatic heterocycles. The SMILES string of the molecule is CCOC(=O)[C@H](CCc1ccccn1)c1ccccc1. The molecule has 0 aliphatic carbocycles. The first kappa shape index (κ1) is 14.3. The molecule has 0 unspecified atom stereocenters. The molecule has 1 aromatic carbocycles. The van der Waals surface area contributed by atoms with Crippen molar-refractivity contribution in [2.45, 2.75) is 25.7 Å². The lowest BCUT2D eigenvalue weighted by Gasteiger charge is -2.15. The van der Waals surface area contributed by atoms with Crippen molar-refractivity contribution < 1.29 is 9.53 Å². The van der Waals surface area contributed by atoms with Crippen LogP contribution in [0.2, 0.25) is 0 Å². The summed E-state index contributed by atoms with van der Waals surface area (Å²) in [5.41, 5.74) is 2.00. The number of pyridine rings is 1. The van der Waals surface area contributed by atoms with E-state index >= 15 is 0 Å². The maximum Gasteiger partial charge on any atom is 0.313 e. The number of hydrogen-bond acceptors (Lipinski definition) is 3. The van der Waals surface area contributed by atoms with E-state index in [0.29, 0.717) is 13.0 Å². The molecule has 0 radical (unpaired) electrons. The van der Waals surface area contributed by atoms with Crippen LogP contribution in [0.4, 0.5) is 0 Å². The summed E-state index contributed by atoms with van der Waals surface area (Å²) >= 11 is 0. The van der Waals surface area contributed by atoms with Gasteiger partial charge in [0.05, 0.1) is 12.5 Å². The number of rotatable bonds is 6.